The van der Waals surface area contributed by atoms with Crippen molar-refractivity contribution >= 4 is 35.2 Å². The molecule has 0 aliphatic rings. The fourth-order valence-corrected chi connectivity index (χ4v) is 2.02. The first-order valence-corrected chi connectivity index (χ1v) is 5.41. The zero-order chi connectivity index (χ0) is 13.4. The van der Waals surface area contributed by atoms with Crippen molar-refractivity contribution in [1.29, 1.82) is 0 Å². The molecule has 0 aliphatic heterocycles. The van der Waals surface area contributed by atoms with Gasteiger partial charge < -0.3 is 22.5 Å². The Morgan fingerprint density at radius 2 is 1.59 bits per heavy atom. The van der Waals surface area contributed by atoms with Crippen molar-refractivity contribution in [2.75, 3.05) is 29.6 Å². The van der Waals surface area contributed by atoms with Crippen LogP contribution in [0.5, 0.6) is 0 Å². The Balaban J connectivity index is 3.77. The molecule has 1 aromatic rings. The number of anilines is 4. The molecular weight excluding hydrogens is 214 g/mol. The first-order valence-electron chi connectivity index (χ1n) is 5.41. The minimum absolute atomic E-state index is 0.200. The molecule has 0 amide bonds. The molecule has 0 atom stereocenters. The van der Waals surface area contributed by atoms with Crippen molar-refractivity contribution in [1.82, 2.24) is 0 Å². The molecule has 0 unspecified atom stereocenters. The quantitative estimate of drug-likeness (QED) is 0.465. The summed E-state index contributed by atoms with van der Waals surface area (Å²) in [6.07, 6.45) is 0. The molecule has 0 bridgehead atoms. The van der Waals surface area contributed by atoms with E-state index < -0.39 is 0 Å². The second-order valence-corrected chi connectivity index (χ2v) is 5.00. The van der Waals surface area contributed by atoms with Crippen molar-refractivity contribution in [3.05, 3.63) is 5.56 Å². The van der Waals surface area contributed by atoms with E-state index in [1.807, 2.05) is 20.8 Å². The minimum Gasteiger partial charge on any atom is -0.397 e. The van der Waals surface area contributed by atoms with Crippen LogP contribution in [0, 0.1) is 0 Å². The van der Waals surface area contributed by atoms with Crippen LogP contribution in [0.4, 0.5) is 28.4 Å². The zero-order valence-electron chi connectivity index (χ0n) is 10.9. The van der Waals surface area contributed by atoms with E-state index in [0.717, 1.165) is 5.56 Å². The van der Waals surface area contributed by atoms with Gasteiger partial charge in [-0.2, -0.15) is 0 Å². The third-order valence-corrected chi connectivity index (χ3v) is 2.75. The number of benzene rings is 1. The van der Waals surface area contributed by atoms with Crippen LogP contribution in [-0.2, 0) is 5.41 Å². The fourth-order valence-electron chi connectivity index (χ4n) is 2.02. The van der Waals surface area contributed by atoms with Gasteiger partial charge in [0.15, 0.2) is 0 Å². The van der Waals surface area contributed by atoms with Crippen LogP contribution in [0.1, 0.15) is 26.3 Å². The molecule has 0 heterocycles. The monoisotopic (exact) mass is 235 g/mol. The van der Waals surface area contributed by atoms with Gasteiger partial charge in [0.25, 0.3) is 0 Å². The van der Waals surface area contributed by atoms with Gasteiger partial charge in [-0.3, -0.25) is 4.99 Å². The van der Waals surface area contributed by atoms with Crippen molar-refractivity contribution in [2.24, 2.45) is 4.99 Å². The number of hydrogen-bond acceptors (Lipinski definition) is 5. The average molecular weight is 235 g/mol. The lowest BCUT2D eigenvalue weighted by Gasteiger charge is -2.27. The van der Waals surface area contributed by atoms with Crippen LogP contribution in [0.3, 0.4) is 0 Å². The van der Waals surface area contributed by atoms with Crippen LogP contribution in [0.25, 0.3) is 0 Å². The van der Waals surface area contributed by atoms with Crippen LogP contribution in [-0.4, -0.2) is 13.8 Å². The largest absolute Gasteiger partial charge is 0.397 e. The maximum absolute atomic E-state index is 6.12. The van der Waals surface area contributed by atoms with E-state index in [2.05, 4.69) is 17.0 Å². The molecular formula is C12H21N5. The first kappa shape index (κ1) is 13.2. The Bertz CT molecular complexity index is 457. The van der Waals surface area contributed by atoms with Crippen molar-refractivity contribution in [3.8, 4) is 0 Å². The van der Waals surface area contributed by atoms with Gasteiger partial charge in [0.05, 0.1) is 22.7 Å². The van der Waals surface area contributed by atoms with Crippen LogP contribution in [0.15, 0.2) is 4.99 Å². The molecule has 0 aromatic heterocycles. The molecule has 5 nitrogen and oxygen atoms in total. The van der Waals surface area contributed by atoms with Crippen LogP contribution < -0.4 is 22.5 Å². The molecule has 0 aliphatic carbocycles. The summed E-state index contributed by atoms with van der Waals surface area (Å²) in [5.74, 6) is 0. The van der Waals surface area contributed by atoms with Gasteiger partial charge >= 0.3 is 0 Å². The van der Waals surface area contributed by atoms with Crippen LogP contribution in [0.2, 0.25) is 0 Å². The van der Waals surface area contributed by atoms with Gasteiger partial charge in [0.1, 0.15) is 5.69 Å². The summed E-state index contributed by atoms with van der Waals surface area (Å²) in [5, 5.41) is 2.96. The van der Waals surface area contributed by atoms with Gasteiger partial charge in [0.2, 0.25) is 0 Å². The molecule has 5 heteroatoms. The second kappa shape index (κ2) is 4.16. The fraction of sp³-hybridized carbons (Fsp3) is 0.417. The van der Waals surface area contributed by atoms with E-state index >= 15 is 0 Å². The number of hydrogen-bond donors (Lipinski definition) is 4. The van der Waals surface area contributed by atoms with Crippen molar-refractivity contribution in [2.45, 2.75) is 26.2 Å². The molecule has 1 aromatic carbocycles. The zero-order valence-corrected chi connectivity index (χ0v) is 10.9. The maximum atomic E-state index is 6.12. The summed E-state index contributed by atoms with van der Waals surface area (Å²) in [6, 6.07) is 0. The summed E-state index contributed by atoms with van der Waals surface area (Å²) < 4.78 is 0. The number of rotatable bonds is 2. The van der Waals surface area contributed by atoms with E-state index in [-0.39, 0.29) is 5.41 Å². The smallest absolute Gasteiger partial charge is 0.111 e. The molecule has 94 valence electrons. The molecule has 0 saturated carbocycles. The SMILES string of the molecule is C=Nc1c(N)c(C(C)(C)C)c(N)c(N)c1NC. The van der Waals surface area contributed by atoms with Gasteiger partial charge in [0, 0.05) is 12.6 Å². The molecule has 17 heavy (non-hydrogen) atoms. The topological polar surface area (TPSA) is 102 Å². The average Bonchev–Trinajstić information content (AvgIpc) is 2.21. The number of nitrogens with zero attached hydrogens (tertiary/aromatic N) is 1. The number of nitrogen functional groups attached to an aromatic ring is 3. The van der Waals surface area contributed by atoms with E-state index in [4.69, 9.17) is 17.2 Å². The Morgan fingerprint density at radius 3 is 1.94 bits per heavy atom. The highest BCUT2D eigenvalue weighted by atomic mass is 14.9. The lowest BCUT2D eigenvalue weighted by molar-refractivity contribution is 0.595. The number of nitrogens with one attached hydrogen (secondary N) is 1. The highest BCUT2D eigenvalue weighted by molar-refractivity contribution is 5.98. The number of nitrogens with two attached hydrogens (primary N) is 3. The highest BCUT2D eigenvalue weighted by Gasteiger charge is 2.26. The van der Waals surface area contributed by atoms with E-state index in [1.54, 1.807) is 7.05 Å². The van der Waals surface area contributed by atoms with E-state index in [1.165, 1.54) is 0 Å². The summed E-state index contributed by atoms with van der Waals surface area (Å²) in [6.45, 7) is 9.61. The second-order valence-electron chi connectivity index (χ2n) is 5.00. The predicted octanol–water partition coefficient (Wildman–Crippen LogP) is 2.10. The Labute approximate surface area is 102 Å². The molecule has 0 fully saturated rings. The predicted molar refractivity (Wildman–Crippen MR) is 77.1 cm³/mol. The Hall–Kier alpha value is -1.91. The first-order chi connectivity index (χ1) is 7.75. The highest BCUT2D eigenvalue weighted by Crippen LogP contribution is 2.47. The third-order valence-electron chi connectivity index (χ3n) is 2.75. The summed E-state index contributed by atoms with van der Waals surface area (Å²) in [4.78, 5) is 3.94. The lowest BCUT2D eigenvalue weighted by Crippen LogP contribution is -2.19. The van der Waals surface area contributed by atoms with Crippen LogP contribution >= 0.6 is 0 Å². The molecule has 7 N–H and O–H groups in total. The summed E-state index contributed by atoms with van der Waals surface area (Å²) >= 11 is 0. The molecule has 0 saturated heterocycles. The Morgan fingerprint density at radius 1 is 1.06 bits per heavy atom. The van der Waals surface area contributed by atoms with Gasteiger partial charge in [-0.15, -0.1) is 0 Å². The van der Waals surface area contributed by atoms with E-state index in [9.17, 15) is 0 Å². The molecule has 0 radical (unpaired) electrons. The normalized spacial score (nSPS) is 11.3. The van der Waals surface area contributed by atoms with Gasteiger partial charge in [-0.1, -0.05) is 20.8 Å². The van der Waals surface area contributed by atoms with Gasteiger partial charge in [-0.25, -0.2) is 0 Å². The maximum Gasteiger partial charge on any atom is 0.111 e. The van der Waals surface area contributed by atoms with Gasteiger partial charge in [-0.05, 0) is 12.1 Å². The number of aliphatic imine (C=N–C) groups is 1. The Kier molecular flexibility index (Phi) is 3.22. The third kappa shape index (κ3) is 2.00. The molecule has 1 rings (SSSR count). The minimum atomic E-state index is -0.200. The summed E-state index contributed by atoms with van der Waals surface area (Å²) in [7, 11) is 1.75. The summed E-state index contributed by atoms with van der Waals surface area (Å²) in [5.41, 5.74) is 21.5. The van der Waals surface area contributed by atoms with Crippen molar-refractivity contribution < 1.29 is 0 Å². The standard InChI is InChI=1S/C12H21N5/c1-12(2,3)6-7(13)9(15)11(17-5)10(16-4)8(6)14/h17H,4,13-15H2,1-3,5H3. The lowest BCUT2D eigenvalue weighted by atomic mass is 9.83. The molecule has 0 spiro atoms. The van der Waals surface area contributed by atoms with E-state index in [0.29, 0.717) is 28.4 Å². The van der Waals surface area contributed by atoms with Crippen molar-refractivity contribution in [3.63, 3.8) is 0 Å².